The van der Waals surface area contributed by atoms with Crippen LogP contribution < -0.4 is 4.74 Å². The summed E-state index contributed by atoms with van der Waals surface area (Å²) < 4.78 is 21.7. The third kappa shape index (κ3) is 3.38. The molecule has 0 spiro atoms. The fraction of sp³-hybridized carbons (Fsp3) is 0.500. The predicted molar refractivity (Wildman–Crippen MR) is 86.9 cm³/mol. The van der Waals surface area contributed by atoms with E-state index in [1.54, 1.807) is 23.1 Å². The maximum Gasteiger partial charge on any atom is 0.215 e. The summed E-state index contributed by atoms with van der Waals surface area (Å²) in [6, 6.07) is 6.11. The summed E-state index contributed by atoms with van der Waals surface area (Å²) in [4.78, 5) is 4.05. The quantitative estimate of drug-likeness (QED) is 0.832. The van der Waals surface area contributed by atoms with Gasteiger partial charge in [0.15, 0.2) is 0 Å². The molecule has 2 rings (SSSR count). The van der Waals surface area contributed by atoms with Crippen LogP contribution in [0.3, 0.4) is 0 Å². The predicted octanol–water partition coefficient (Wildman–Crippen LogP) is 4.35. The summed E-state index contributed by atoms with van der Waals surface area (Å²) in [6.45, 7) is 9.00. The Bertz CT molecular complexity index is 672. The number of rotatable bonds is 5. The molecule has 1 aromatic carbocycles. The van der Waals surface area contributed by atoms with Crippen molar-refractivity contribution in [3.63, 3.8) is 0 Å². The van der Waals surface area contributed by atoms with E-state index >= 15 is 0 Å². The zero-order chi connectivity index (χ0) is 16.4. The average Bonchev–Trinajstić information content (AvgIpc) is 2.84. The Hall–Kier alpha value is -1.69. The molecule has 1 aromatic heterocycles. The molecule has 120 valence electrons. The van der Waals surface area contributed by atoms with Gasteiger partial charge in [-0.25, -0.2) is 9.37 Å². The number of benzene rings is 1. The van der Waals surface area contributed by atoms with Gasteiger partial charge in [-0.05, 0) is 42.9 Å². The minimum absolute atomic E-state index is 0.157. The normalized spacial score (nSPS) is 14.6. The van der Waals surface area contributed by atoms with Gasteiger partial charge in [-0.3, -0.25) is 9.78 Å². The topological polar surface area (TPSA) is 42.8 Å². The van der Waals surface area contributed by atoms with Crippen LogP contribution in [0.5, 0.6) is 5.75 Å². The van der Waals surface area contributed by atoms with E-state index in [0.29, 0.717) is 17.1 Å². The average molecular weight is 323 g/mol. The molecule has 0 bridgehead atoms. The zero-order valence-corrected chi connectivity index (χ0v) is 14.2. The van der Waals surface area contributed by atoms with Crippen molar-refractivity contribution in [2.24, 2.45) is 5.41 Å². The first kappa shape index (κ1) is 16.7. The number of hydrogen-bond donors (Lipinski definition) is 1. The highest BCUT2D eigenvalue weighted by Crippen LogP contribution is 2.39. The Balaban J connectivity index is 2.39. The van der Waals surface area contributed by atoms with Crippen molar-refractivity contribution in [2.45, 2.75) is 46.3 Å². The molecule has 0 saturated carbocycles. The number of nitrogens with one attached hydrogen (secondary N) is 1. The lowest BCUT2D eigenvalue weighted by atomic mass is 9.74. The second kappa shape index (κ2) is 6.20. The van der Waals surface area contributed by atoms with Crippen molar-refractivity contribution in [1.82, 2.24) is 14.8 Å². The van der Waals surface area contributed by atoms with E-state index in [9.17, 15) is 4.39 Å². The number of ether oxygens (including phenoxy) is 1. The fourth-order valence-corrected chi connectivity index (χ4v) is 2.68. The number of nitrogens with zero attached hydrogens (tertiary/aromatic N) is 2. The van der Waals surface area contributed by atoms with Crippen LogP contribution in [-0.4, -0.2) is 20.4 Å². The smallest absolute Gasteiger partial charge is 0.215 e. The lowest BCUT2D eigenvalue weighted by molar-refractivity contribution is -0.0532. The van der Waals surface area contributed by atoms with Gasteiger partial charge < -0.3 is 4.74 Å². The molecule has 22 heavy (non-hydrogen) atoms. The molecule has 0 fully saturated rings. The van der Waals surface area contributed by atoms with E-state index in [-0.39, 0.29) is 11.2 Å². The number of halogens is 1. The van der Waals surface area contributed by atoms with Crippen LogP contribution in [0.2, 0.25) is 0 Å². The van der Waals surface area contributed by atoms with Crippen LogP contribution in [0, 0.1) is 16.0 Å². The first-order valence-corrected chi connectivity index (χ1v) is 7.73. The Labute approximate surface area is 135 Å². The molecule has 0 amide bonds. The van der Waals surface area contributed by atoms with Crippen molar-refractivity contribution in [1.29, 1.82) is 0 Å². The van der Waals surface area contributed by atoms with Gasteiger partial charge in [-0.2, -0.15) is 0 Å². The molecular formula is C16H22FN3OS. The van der Waals surface area contributed by atoms with Crippen LogP contribution in [-0.2, 0) is 6.54 Å². The monoisotopic (exact) mass is 323 g/mol. The van der Waals surface area contributed by atoms with Crippen LogP contribution in [0.15, 0.2) is 30.6 Å². The molecule has 1 heterocycles. The van der Waals surface area contributed by atoms with E-state index in [0.717, 1.165) is 6.42 Å². The maximum absolute atomic E-state index is 13.1. The molecule has 1 atom stereocenters. The third-order valence-electron chi connectivity index (χ3n) is 4.10. The zero-order valence-electron chi connectivity index (χ0n) is 13.4. The number of aromatic nitrogens is 3. The molecule has 0 saturated heterocycles. The molecule has 0 aliphatic rings. The van der Waals surface area contributed by atoms with Gasteiger partial charge in [-0.15, -0.1) is 0 Å². The molecule has 0 radical (unpaired) electrons. The minimum atomic E-state index is -0.504. The maximum atomic E-state index is 13.1. The second-order valence-corrected chi connectivity index (χ2v) is 6.77. The van der Waals surface area contributed by atoms with E-state index in [1.807, 2.05) is 0 Å². The first-order valence-electron chi connectivity index (χ1n) is 7.32. The van der Waals surface area contributed by atoms with E-state index in [4.69, 9.17) is 17.0 Å². The molecule has 1 unspecified atom stereocenters. The summed E-state index contributed by atoms with van der Waals surface area (Å²) in [5.41, 5.74) is -0.661. The minimum Gasteiger partial charge on any atom is -0.485 e. The summed E-state index contributed by atoms with van der Waals surface area (Å²) in [6.07, 6.45) is 2.35. The molecule has 6 heteroatoms. The summed E-state index contributed by atoms with van der Waals surface area (Å²) >= 11 is 5.22. The standard InChI is InChI=1S/C16H22FN3OS/c1-5-16(15(2,3)4,10-20-14(22)18-11-19-20)21-13-8-6-12(17)7-9-13/h6-9,11H,5,10H2,1-4H3,(H,18,19,22). The van der Waals surface area contributed by atoms with Crippen LogP contribution >= 0.6 is 12.2 Å². The van der Waals surface area contributed by atoms with Gasteiger partial charge in [-0.1, -0.05) is 27.7 Å². The van der Waals surface area contributed by atoms with Gasteiger partial charge >= 0.3 is 0 Å². The highest BCUT2D eigenvalue weighted by atomic mass is 32.1. The van der Waals surface area contributed by atoms with E-state index in [2.05, 4.69) is 37.8 Å². The van der Waals surface area contributed by atoms with E-state index < -0.39 is 5.60 Å². The van der Waals surface area contributed by atoms with E-state index in [1.165, 1.54) is 12.1 Å². The second-order valence-electron chi connectivity index (χ2n) is 6.41. The number of hydrogen-bond acceptors (Lipinski definition) is 3. The van der Waals surface area contributed by atoms with Crippen molar-refractivity contribution >= 4 is 12.2 Å². The van der Waals surface area contributed by atoms with Crippen molar-refractivity contribution in [3.8, 4) is 5.75 Å². The molecule has 0 aliphatic heterocycles. The highest BCUT2D eigenvalue weighted by Gasteiger charge is 2.43. The largest absolute Gasteiger partial charge is 0.485 e. The molecule has 4 nitrogen and oxygen atoms in total. The Kier molecular flexibility index (Phi) is 4.70. The Morgan fingerprint density at radius 3 is 2.36 bits per heavy atom. The molecule has 1 N–H and O–H groups in total. The van der Waals surface area contributed by atoms with Gasteiger partial charge in [0.1, 0.15) is 23.5 Å². The summed E-state index contributed by atoms with van der Waals surface area (Å²) in [7, 11) is 0. The summed E-state index contributed by atoms with van der Waals surface area (Å²) in [5.74, 6) is 0.366. The number of H-pyrrole nitrogens is 1. The van der Waals surface area contributed by atoms with Gasteiger partial charge in [0.2, 0.25) is 4.77 Å². The van der Waals surface area contributed by atoms with Crippen LogP contribution in [0.4, 0.5) is 4.39 Å². The Morgan fingerprint density at radius 1 is 1.27 bits per heavy atom. The van der Waals surface area contributed by atoms with Crippen molar-refractivity contribution in [2.75, 3.05) is 0 Å². The fourth-order valence-electron chi connectivity index (χ4n) is 2.51. The summed E-state index contributed by atoms with van der Waals surface area (Å²) in [5, 5.41) is 3.02. The number of aromatic amines is 1. The van der Waals surface area contributed by atoms with Crippen LogP contribution in [0.1, 0.15) is 34.1 Å². The van der Waals surface area contributed by atoms with Crippen molar-refractivity contribution in [3.05, 3.63) is 41.2 Å². The Morgan fingerprint density at radius 2 is 1.91 bits per heavy atom. The lowest BCUT2D eigenvalue weighted by Crippen LogP contribution is -2.51. The van der Waals surface area contributed by atoms with Gasteiger partial charge in [0.25, 0.3) is 0 Å². The SMILES string of the molecule is CCC(Cn1[nH]cnc1=S)(Oc1ccc(F)cc1)C(C)(C)C. The molecule has 2 aromatic rings. The van der Waals surface area contributed by atoms with Crippen molar-refractivity contribution < 1.29 is 9.13 Å². The molecule has 0 aliphatic carbocycles. The highest BCUT2D eigenvalue weighted by molar-refractivity contribution is 7.71. The molecular weight excluding hydrogens is 301 g/mol. The van der Waals surface area contributed by atoms with Crippen LogP contribution in [0.25, 0.3) is 0 Å². The van der Waals surface area contributed by atoms with Gasteiger partial charge in [0, 0.05) is 5.41 Å². The van der Waals surface area contributed by atoms with Gasteiger partial charge in [0.05, 0.1) is 6.54 Å². The lowest BCUT2D eigenvalue weighted by Gasteiger charge is -2.44. The third-order valence-corrected chi connectivity index (χ3v) is 4.42. The first-order chi connectivity index (χ1) is 10.3.